The first-order chi connectivity index (χ1) is 8.84. The van der Waals surface area contributed by atoms with E-state index >= 15 is 0 Å². The van der Waals surface area contributed by atoms with Crippen LogP contribution in [-0.2, 0) is 12.8 Å². The summed E-state index contributed by atoms with van der Waals surface area (Å²) in [5.74, 6) is 0. The highest BCUT2D eigenvalue weighted by Gasteiger charge is 2.25. The van der Waals surface area contributed by atoms with Gasteiger partial charge in [-0.3, -0.25) is 4.90 Å². The van der Waals surface area contributed by atoms with Gasteiger partial charge in [-0.2, -0.15) is 0 Å². The molecule has 0 bridgehead atoms. The summed E-state index contributed by atoms with van der Waals surface area (Å²) in [4.78, 5) is 2.66. The van der Waals surface area contributed by atoms with Crippen LogP contribution < -0.4 is 5.32 Å². The zero-order chi connectivity index (χ0) is 12.4. The van der Waals surface area contributed by atoms with Crippen molar-refractivity contribution >= 4 is 11.6 Å². The van der Waals surface area contributed by atoms with E-state index in [9.17, 15) is 0 Å². The van der Waals surface area contributed by atoms with E-state index in [1.54, 1.807) is 0 Å². The SMILES string of the molecule is Clc1cccc2c1C[C@H](N1CCCNCC1)CC2. The van der Waals surface area contributed by atoms with E-state index in [0.29, 0.717) is 6.04 Å². The lowest BCUT2D eigenvalue weighted by molar-refractivity contribution is 0.191. The molecule has 1 N–H and O–H groups in total. The first kappa shape index (κ1) is 12.5. The number of fused-ring (bicyclic) bond motifs is 1. The summed E-state index contributed by atoms with van der Waals surface area (Å²) in [6, 6.07) is 7.04. The molecular formula is C15H21ClN2. The zero-order valence-corrected chi connectivity index (χ0v) is 11.5. The lowest BCUT2D eigenvalue weighted by Crippen LogP contribution is -2.41. The molecule has 2 nitrogen and oxygen atoms in total. The van der Waals surface area contributed by atoms with Crippen LogP contribution in [0.3, 0.4) is 0 Å². The molecule has 0 saturated carbocycles. The number of aryl methyl sites for hydroxylation is 1. The number of hydrogen-bond acceptors (Lipinski definition) is 2. The van der Waals surface area contributed by atoms with Crippen molar-refractivity contribution in [3.05, 3.63) is 34.3 Å². The Balaban J connectivity index is 1.75. The van der Waals surface area contributed by atoms with Gasteiger partial charge in [0.25, 0.3) is 0 Å². The summed E-state index contributed by atoms with van der Waals surface area (Å²) in [5, 5.41) is 4.44. The maximum atomic E-state index is 6.35. The summed E-state index contributed by atoms with van der Waals surface area (Å²) in [6.45, 7) is 4.72. The summed E-state index contributed by atoms with van der Waals surface area (Å²) in [6.07, 6.45) is 4.87. The monoisotopic (exact) mass is 264 g/mol. The first-order valence-electron chi connectivity index (χ1n) is 7.05. The predicted octanol–water partition coefficient (Wildman–Crippen LogP) is 2.49. The highest BCUT2D eigenvalue weighted by molar-refractivity contribution is 6.31. The zero-order valence-electron chi connectivity index (χ0n) is 10.8. The smallest absolute Gasteiger partial charge is 0.0441 e. The number of hydrogen-bond donors (Lipinski definition) is 1. The van der Waals surface area contributed by atoms with Crippen molar-refractivity contribution < 1.29 is 0 Å². The van der Waals surface area contributed by atoms with Gasteiger partial charge in [0.1, 0.15) is 0 Å². The van der Waals surface area contributed by atoms with Gasteiger partial charge in [0.2, 0.25) is 0 Å². The van der Waals surface area contributed by atoms with Crippen LogP contribution in [0, 0.1) is 0 Å². The Kier molecular flexibility index (Phi) is 3.88. The lowest BCUT2D eigenvalue weighted by atomic mass is 9.87. The van der Waals surface area contributed by atoms with E-state index in [0.717, 1.165) is 18.0 Å². The van der Waals surface area contributed by atoms with Crippen molar-refractivity contribution in [2.24, 2.45) is 0 Å². The van der Waals surface area contributed by atoms with E-state index in [1.165, 1.54) is 50.0 Å². The maximum Gasteiger partial charge on any atom is 0.0441 e. The number of benzene rings is 1. The van der Waals surface area contributed by atoms with Crippen LogP contribution in [0.5, 0.6) is 0 Å². The molecule has 1 aliphatic carbocycles. The van der Waals surface area contributed by atoms with Gasteiger partial charge >= 0.3 is 0 Å². The quantitative estimate of drug-likeness (QED) is 0.839. The molecule has 1 saturated heterocycles. The maximum absolute atomic E-state index is 6.35. The minimum atomic E-state index is 0.692. The topological polar surface area (TPSA) is 15.3 Å². The normalized spacial score (nSPS) is 25.5. The van der Waals surface area contributed by atoms with Crippen molar-refractivity contribution in [2.45, 2.75) is 31.7 Å². The van der Waals surface area contributed by atoms with Gasteiger partial charge in [-0.15, -0.1) is 0 Å². The van der Waals surface area contributed by atoms with E-state index < -0.39 is 0 Å². The minimum absolute atomic E-state index is 0.692. The van der Waals surface area contributed by atoms with E-state index in [1.807, 2.05) is 6.07 Å². The first-order valence-corrected chi connectivity index (χ1v) is 7.43. The third kappa shape index (κ3) is 2.56. The third-order valence-electron chi connectivity index (χ3n) is 4.29. The van der Waals surface area contributed by atoms with Crippen LogP contribution in [0.15, 0.2) is 18.2 Å². The molecule has 1 heterocycles. The molecule has 0 aromatic heterocycles. The molecule has 1 aromatic rings. The summed E-state index contributed by atoms with van der Waals surface area (Å²) >= 11 is 6.35. The molecule has 0 spiro atoms. The van der Waals surface area contributed by atoms with Gasteiger partial charge in [0, 0.05) is 24.2 Å². The molecular weight excluding hydrogens is 244 g/mol. The fourth-order valence-electron chi connectivity index (χ4n) is 3.27. The standard InChI is InChI=1S/C15H21ClN2/c16-15-4-1-3-12-5-6-13(11-14(12)15)18-9-2-7-17-8-10-18/h1,3-4,13,17H,2,5-11H2/t13-/m1/s1. The number of halogens is 1. The number of nitrogens with zero attached hydrogens (tertiary/aromatic N) is 1. The van der Waals surface area contributed by atoms with Crippen LogP contribution in [-0.4, -0.2) is 37.1 Å². The lowest BCUT2D eigenvalue weighted by Gasteiger charge is -2.34. The molecule has 3 rings (SSSR count). The van der Waals surface area contributed by atoms with Crippen molar-refractivity contribution in [3.63, 3.8) is 0 Å². The molecule has 98 valence electrons. The minimum Gasteiger partial charge on any atom is -0.315 e. The second-order valence-electron chi connectivity index (χ2n) is 5.41. The third-order valence-corrected chi connectivity index (χ3v) is 4.65. The van der Waals surface area contributed by atoms with Crippen LogP contribution in [0.4, 0.5) is 0 Å². The molecule has 2 aliphatic rings. The Hall–Kier alpha value is -0.570. The largest absolute Gasteiger partial charge is 0.315 e. The van der Waals surface area contributed by atoms with Crippen LogP contribution >= 0.6 is 11.6 Å². The fourth-order valence-corrected chi connectivity index (χ4v) is 3.54. The highest BCUT2D eigenvalue weighted by Crippen LogP contribution is 2.30. The molecule has 1 fully saturated rings. The van der Waals surface area contributed by atoms with Crippen LogP contribution in [0.1, 0.15) is 24.0 Å². The summed E-state index contributed by atoms with van der Waals surface area (Å²) < 4.78 is 0. The van der Waals surface area contributed by atoms with Gasteiger partial charge in [0.15, 0.2) is 0 Å². The van der Waals surface area contributed by atoms with E-state index in [4.69, 9.17) is 11.6 Å². The molecule has 18 heavy (non-hydrogen) atoms. The van der Waals surface area contributed by atoms with Gasteiger partial charge in [0.05, 0.1) is 0 Å². The molecule has 1 aliphatic heterocycles. The molecule has 1 aromatic carbocycles. The van der Waals surface area contributed by atoms with Crippen molar-refractivity contribution in [3.8, 4) is 0 Å². The Morgan fingerprint density at radius 2 is 2.17 bits per heavy atom. The molecule has 3 heteroatoms. The van der Waals surface area contributed by atoms with Crippen LogP contribution in [0.25, 0.3) is 0 Å². The van der Waals surface area contributed by atoms with E-state index in [2.05, 4.69) is 22.3 Å². The van der Waals surface area contributed by atoms with Gasteiger partial charge in [-0.1, -0.05) is 23.7 Å². The average molecular weight is 265 g/mol. The van der Waals surface area contributed by atoms with E-state index in [-0.39, 0.29) is 0 Å². The Morgan fingerprint density at radius 3 is 3.11 bits per heavy atom. The predicted molar refractivity (Wildman–Crippen MR) is 76.3 cm³/mol. The van der Waals surface area contributed by atoms with Gasteiger partial charge in [-0.05, 0) is 56.0 Å². The number of rotatable bonds is 1. The number of nitrogens with one attached hydrogen (secondary N) is 1. The fraction of sp³-hybridized carbons (Fsp3) is 0.600. The molecule has 1 atom stereocenters. The Morgan fingerprint density at radius 1 is 1.22 bits per heavy atom. The second-order valence-corrected chi connectivity index (χ2v) is 5.82. The van der Waals surface area contributed by atoms with Gasteiger partial charge < -0.3 is 5.32 Å². The van der Waals surface area contributed by atoms with Gasteiger partial charge in [-0.25, -0.2) is 0 Å². The molecule has 0 amide bonds. The van der Waals surface area contributed by atoms with Crippen LogP contribution in [0.2, 0.25) is 5.02 Å². The Bertz CT molecular complexity index is 411. The highest BCUT2D eigenvalue weighted by atomic mass is 35.5. The molecule has 0 radical (unpaired) electrons. The average Bonchev–Trinajstić information content (AvgIpc) is 2.68. The Labute approximate surface area is 114 Å². The van der Waals surface area contributed by atoms with Crippen molar-refractivity contribution in [2.75, 3.05) is 26.2 Å². The second kappa shape index (κ2) is 5.60. The summed E-state index contributed by atoms with van der Waals surface area (Å²) in [5.41, 5.74) is 2.86. The van der Waals surface area contributed by atoms with Crippen molar-refractivity contribution in [1.29, 1.82) is 0 Å². The van der Waals surface area contributed by atoms with Crippen molar-refractivity contribution in [1.82, 2.24) is 10.2 Å². The molecule has 0 unspecified atom stereocenters. The summed E-state index contributed by atoms with van der Waals surface area (Å²) in [7, 11) is 0.